The maximum Gasteiger partial charge on any atom is 0.0946 e. The molecule has 2 nitrogen and oxygen atoms in total. The van der Waals surface area contributed by atoms with Crippen LogP contribution in [0.3, 0.4) is 0 Å². The third-order valence-corrected chi connectivity index (χ3v) is 4.69. The van der Waals surface area contributed by atoms with Gasteiger partial charge in [-0.1, -0.05) is 53.5 Å². The third-order valence-electron chi connectivity index (χ3n) is 4.10. The molecular weight excluding hydrogens is 327 g/mol. The smallest absolute Gasteiger partial charge is 0.0946 e. The minimum absolute atomic E-state index is 0.323. The second kappa shape index (κ2) is 7.20. The number of rotatable bonds is 5. The Hall–Kier alpha value is -1.77. The topological polar surface area (TPSA) is 17.8 Å². The molecular formula is C19H18Cl2N2. The summed E-state index contributed by atoms with van der Waals surface area (Å²) in [7, 11) is 0. The van der Waals surface area contributed by atoms with Crippen molar-refractivity contribution >= 4 is 23.2 Å². The molecule has 1 unspecified atom stereocenters. The van der Waals surface area contributed by atoms with Gasteiger partial charge in [0.2, 0.25) is 0 Å². The first kappa shape index (κ1) is 16.1. The van der Waals surface area contributed by atoms with Gasteiger partial charge in [0.1, 0.15) is 0 Å². The van der Waals surface area contributed by atoms with Crippen LogP contribution in [0.5, 0.6) is 0 Å². The van der Waals surface area contributed by atoms with Crippen LogP contribution in [0.4, 0.5) is 0 Å². The van der Waals surface area contributed by atoms with Crippen LogP contribution < -0.4 is 0 Å². The van der Waals surface area contributed by atoms with Gasteiger partial charge in [-0.2, -0.15) is 0 Å². The number of benzene rings is 2. The summed E-state index contributed by atoms with van der Waals surface area (Å²) in [5, 5.41) is 1.39. The minimum atomic E-state index is 0.323. The highest BCUT2D eigenvalue weighted by Crippen LogP contribution is 2.30. The van der Waals surface area contributed by atoms with E-state index in [0.717, 1.165) is 23.6 Å². The zero-order chi connectivity index (χ0) is 16.2. The summed E-state index contributed by atoms with van der Waals surface area (Å²) in [6.45, 7) is 3.02. The number of halogens is 2. The van der Waals surface area contributed by atoms with E-state index in [1.54, 1.807) is 0 Å². The lowest BCUT2D eigenvalue weighted by molar-refractivity contribution is 0.554. The van der Waals surface area contributed by atoms with Crippen LogP contribution in [0.1, 0.15) is 22.6 Å². The van der Waals surface area contributed by atoms with Gasteiger partial charge >= 0.3 is 0 Å². The molecule has 0 aliphatic carbocycles. The Morgan fingerprint density at radius 1 is 1.13 bits per heavy atom. The molecule has 0 aliphatic heterocycles. The number of nitrogens with zero attached hydrogens (tertiary/aromatic N) is 2. The van der Waals surface area contributed by atoms with Crippen molar-refractivity contribution in [1.82, 2.24) is 9.55 Å². The quantitative estimate of drug-likeness (QED) is 0.595. The lowest BCUT2D eigenvalue weighted by Crippen LogP contribution is -2.12. The van der Waals surface area contributed by atoms with Gasteiger partial charge in [0, 0.05) is 34.9 Å². The van der Waals surface area contributed by atoms with Crippen molar-refractivity contribution in [3.63, 3.8) is 0 Å². The fraction of sp³-hybridized carbons (Fsp3) is 0.211. The van der Waals surface area contributed by atoms with Crippen LogP contribution in [-0.2, 0) is 13.0 Å². The Balaban J connectivity index is 1.93. The molecule has 0 aliphatic rings. The molecule has 0 spiro atoms. The van der Waals surface area contributed by atoms with Crippen LogP contribution in [0, 0.1) is 6.92 Å². The van der Waals surface area contributed by atoms with Crippen molar-refractivity contribution in [3.8, 4) is 0 Å². The summed E-state index contributed by atoms with van der Waals surface area (Å²) in [5.74, 6) is 0.323. The van der Waals surface area contributed by atoms with Crippen molar-refractivity contribution in [2.75, 3.05) is 0 Å². The highest BCUT2D eigenvalue weighted by atomic mass is 35.5. The first-order valence-electron chi connectivity index (χ1n) is 7.58. The molecule has 2 aromatic carbocycles. The van der Waals surface area contributed by atoms with Gasteiger partial charge in [-0.05, 0) is 42.2 Å². The number of aromatic nitrogens is 2. The predicted molar refractivity (Wildman–Crippen MR) is 96.3 cm³/mol. The number of hydrogen-bond acceptors (Lipinski definition) is 1. The van der Waals surface area contributed by atoms with Crippen molar-refractivity contribution in [1.29, 1.82) is 0 Å². The normalized spacial score (nSPS) is 12.3. The Morgan fingerprint density at radius 2 is 1.96 bits per heavy atom. The molecule has 3 aromatic rings. The van der Waals surface area contributed by atoms with E-state index < -0.39 is 0 Å². The van der Waals surface area contributed by atoms with Crippen molar-refractivity contribution < 1.29 is 0 Å². The largest absolute Gasteiger partial charge is 0.337 e. The number of hydrogen-bond donors (Lipinski definition) is 0. The van der Waals surface area contributed by atoms with Crippen molar-refractivity contribution in [2.24, 2.45) is 0 Å². The molecule has 3 rings (SSSR count). The van der Waals surface area contributed by atoms with Gasteiger partial charge < -0.3 is 4.57 Å². The van der Waals surface area contributed by atoms with Crippen LogP contribution in [-0.4, -0.2) is 9.55 Å². The van der Waals surface area contributed by atoms with Gasteiger partial charge in [0.25, 0.3) is 0 Å². The fourth-order valence-electron chi connectivity index (χ4n) is 2.92. The summed E-state index contributed by atoms with van der Waals surface area (Å²) in [6, 6.07) is 14.2. The van der Waals surface area contributed by atoms with E-state index in [4.69, 9.17) is 23.2 Å². The van der Waals surface area contributed by atoms with Gasteiger partial charge in [0.15, 0.2) is 0 Å². The summed E-state index contributed by atoms with van der Waals surface area (Å²) in [5.41, 5.74) is 3.75. The molecule has 23 heavy (non-hydrogen) atoms. The van der Waals surface area contributed by atoms with Crippen LogP contribution in [0.15, 0.2) is 61.2 Å². The predicted octanol–water partition coefficient (Wildman–Crippen LogP) is 5.52. The minimum Gasteiger partial charge on any atom is -0.337 e. The molecule has 0 radical (unpaired) electrons. The number of aryl methyl sites for hydroxylation is 1. The summed E-state index contributed by atoms with van der Waals surface area (Å²) < 4.78 is 2.11. The maximum atomic E-state index is 6.38. The Kier molecular flexibility index (Phi) is 5.04. The van der Waals surface area contributed by atoms with Crippen LogP contribution in [0.2, 0.25) is 10.0 Å². The van der Waals surface area contributed by atoms with Gasteiger partial charge in [-0.3, -0.25) is 0 Å². The molecule has 0 bridgehead atoms. The van der Waals surface area contributed by atoms with Crippen molar-refractivity contribution in [3.05, 3.63) is 87.9 Å². The average Bonchev–Trinajstić information content (AvgIpc) is 3.03. The molecule has 0 saturated carbocycles. The molecule has 1 aromatic heterocycles. The van der Waals surface area contributed by atoms with E-state index in [0.29, 0.717) is 10.9 Å². The number of imidazole rings is 1. The molecule has 0 fully saturated rings. The van der Waals surface area contributed by atoms with Crippen LogP contribution in [0.25, 0.3) is 0 Å². The maximum absolute atomic E-state index is 6.38. The Labute approximate surface area is 146 Å². The second-order valence-electron chi connectivity index (χ2n) is 5.75. The average molecular weight is 345 g/mol. The van der Waals surface area contributed by atoms with E-state index in [-0.39, 0.29) is 0 Å². The van der Waals surface area contributed by atoms with E-state index in [2.05, 4.69) is 40.7 Å². The third kappa shape index (κ3) is 3.95. The van der Waals surface area contributed by atoms with Gasteiger partial charge in [0.05, 0.1) is 6.33 Å². The van der Waals surface area contributed by atoms with Gasteiger partial charge in [-0.25, -0.2) is 4.98 Å². The first-order valence-corrected chi connectivity index (χ1v) is 8.34. The molecule has 0 saturated heterocycles. The van der Waals surface area contributed by atoms with E-state index >= 15 is 0 Å². The molecule has 1 heterocycles. The zero-order valence-corrected chi connectivity index (χ0v) is 14.4. The second-order valence-corrected chi connectivity index (χ2v) is 6.60. The lowest BCUT2D eigenvalue weighted by Gasteiger charge is -2.21. The van der Waals surface area contributed by atoms with Crippen molar-refractivity contribution in [2.45, 2.75) is 25.8 Å². The molecule has 0 amide bonds. The summed E-state index contributed by atoms with van der Waals surface area (Å²) >= 11 is 12.4. The molecule has 118 valence electrons. The first-order chi connectivity index (χ1) is 11.1. The zero-order valence-electron chi connectivity index (χ0n) is 12.9. The summed E-state index contributed by atoms with van der Waals surface area (Å²) in [4.78, 5) is 4.15. The molecule has 1 atom stereocenters. The Bertz CT molecular complexity index is 782. The molecule has 4 heteroatoms. The molecule has 0 N–H and O–H groups in total. The van der Waals surface area contributed by atoms with E-state index in [9.17, 15) is 0 Å². The highest BCUT2D eigenvalue weighted by Gasteiger charge is 2.17. The summed E-state index contributed by atoms with van der Waals surface area (Å²) in [6.07, 6.45) is 6.52. The van der Waals surface area contributed by atoms with Gasteiger partial charge in [-0.15, -0.1) is 0 Å². The Morgan fingerprint density at radius 3 is 2.65 bits per heavy atom. The monoisotopic (exact) mass is 344 g/mol. The lowest BCUT2D eigenvalue weighted by atomic mass is 9.89. The fourth-order valence-corrected chi connectivity index (χ4v) is 3.41. The van der Waals surface area contributed by atoms with E-state index in [1.165, 1.54) is 11.1 Å². The standard InChI is InChI=1S/C19H18Cl2N2/c1-14-4-2-3-5-18(14)16(12-23-9-8-22-13-23)10-15-6-7-17(20)11-19(15)21/h2-9,11,13,16H,10,12H2,1H3. The highest BCUT2D eigenvalue weighted by molar-refractivity contribution is 6.35. The van der Waals surface area contributed by atoms with Crippen LogP contribution >= 0.6 is 23.2 Å². The van der Waals surface area contributed by atoms with E-state index in [1.807, 2.05) is 36.9 Å². The SMILES string of the molecule is Cc1ccccc1C(Cc1ccc(Cl)cc1Cl)Cn1ccnc1.